The molecule has 0 amide bonds. The summed E-state index contributed by atoms with van der Waals surface area (Å²) in [5, 5.41) is 0. The molecule has 0 N–H and O–H groups in total. The normalized spacial score (nSPS) is 20.3. The number of benzene rings is 1. The Morgan fingerprint density at radius 3 is 2.60 bits per heavy atom. The maximum absolute atomic E-state index is 11.9. The number of hydrogen-bond donors (Lipinski definition) is 0. The van der Waals surface area contributed by atoms with Crippen molar-refractivity contribution in [1.29, 1.82) is 0 Å². The number of ether oxygens (including phenoxy) is 1. The van der Waals surface area contributed by atoms with Crippen LogP contribution in [0.2, 0.25) is 0 Å². The van der Waals surface area contributed by atoms with Gasteiger partial charge in [0.05, 0.1) is 23.4 Å². The Morgan fingerprint density at radius 1 is 1.40 bits per heavy atom. The molecule has 3 nitrogen and oxygen atoms in total. The molecule has 1 aromatic rings. The van der Waals surface area contributed by atoms with E-state index in [1.54, 1.807) is 6.07 Å². The minimum Gasteiger partial charge on any atom is -0.372 e. The van der Waals surface area contributed by atoms with Crippen molar-refractivity contribution in [2.75, 3.05) is 12.4 Å². The summed E-state index contributed by atoms with van der Waals surface area (Å²) in [6, 6.07) is 5.40. The maximum Gasteiger partial charge on any atom is 0.181 e. The van der Waals surface area contributed by atoms with Crippen molar-refractivity contribution in [3.8, 4) is 0 Å². The van der Waals surface area contributed by atoms with E-state index in [9.17, 15) is 8.42 Å². The first-order valence-electron chi connectivity index (χ1n) is 4.91. The Hall–Kier alpha value is -0.870. The van der Waals surface area contributed by atoms with Crippen molar-refractivity contribution < 1.29 is 13.2 Å². The summed E-state index contributed by atoms with van der Waals surface area (Å²) in [4.78, 5) is 0.434. The second-order valence-electron chi connectivity index (χ2n) is 4.01. The summed E-state index contributed by atoms with van der Waals surface area (Å²) in [5.74, 6) is 0.108. The van der Waals surface area contributed by atoms with Gasteiger partial charge in [0, 0.05) is 0 Å². The molecule has 82 valence electrons. The SMILES string of the molecule is Cc1ccc(S(=O)(=O)C[C@@H]2CO2)c(C)c1. The Balaban J connectivity index is 2.34. The van der Waals surface area contributed by atoms with Gasteiger partial charge in [0.15, 0.2) is 9.84 Å². The Morgan fingerprint density at radius 2 is 2.07 bits per heavy atom. The van der Waals surface area contributed by atoms with Gasteiger partial charge in [0.1, 0.15) is 0 Å². The van der Waals surface area contributed by atoms with Crippen LogP contribution in [0.4, 0.5) is 0 Å². The van der Waals surface area contributed by atoms with Crippen molar-refractivity contribution in [1.82, 2.24) is 0 Å². The van der Waals surface area contributed by atoms with Gasteiger partial charge in [-0.1, -0.05) is 17.7 Å². The zero-order chi connectivity index (χ0) is 11.1. The van der Waals surface area contributed by atoms with Crippen LogP contribution in [0.3, 0.4) is 0 Å². The first-order chi connectivity index (χ1) is 6.99. The van der Waals surface area contributed by atoms with Gasteiger partial charge in [-0.15, -0.1) is 0 Å². The van der Waals surface area contributed by atoms with Gasteiger partial charge in [0.25, 0.3) is 0 Å². The summed E-state index contributed by atoms with van der Waals surface area (Å²) < 4.78 is 28.8. The second-order valence-corrected chi connectivity index (χ2v) is 6.01. The lowest BCUT2D eigenvalue weighted by molar-refractivity contribution is 0.422. The summed E-state index contributed by atoms with van der Waals surface area (Å²) in [7, 11) is -3.17. The summed E-state index contributed by atoms with van der Waals surface area (Å²) in [5.41, 5.74) is 1.89. The van der Waals surface area contributed by atoms with Gasteiger partial charge in [-0.05, 0) is 25.5 Å². The molecule has 0 saturated carbocycles. The fraction of sp³-hybridized carbons (Fsp3) is 0.455. The predicted octanol–water partition coefficient (Wildman–Crippen LogP) is 1.48. The molecule has 4 heteroatoms. The van der Waals surface area contributed by atoms with Crippen LogP contribution in [0.5, 0.6) is 0 Å². The quantitative estimate of drug-likeness (QED) is 0.733. The molecule has 1 atom stereocenters. The van der Waals surface area contributed by atoms with Crippen LogP contribution < -0.4 is 0 Å². The molecule has 1 aliphatic rings. The van der Waals surface area contributed by atoms with E-state index in [2.05, 4.69) is 0 Å². The van der Waals surface area contributed by atoms with Crippen LogP contribution >= 0.6 is 0 Å². The van der Waals surface area contributed by atoms with Gasteiger partial charge in [-0.25, -0.2) is 8.42 Å². The minimum atomic E-state index is -3.17. The Labute approximate surface area is 90.0 Å². The maximum atomic E-state index is 11.9. The molecule has 0 spiro atoms. The number of epoxide rings is 1. The molecule has 1 heterocycles. The fourth-order valence-electron chi connectivity index (χ4n) is 1.65. The van der Waals surface area contributed by atoms with Crippen molar-refractivity contribution in [3.05, 3.63) is 29.3 Å². The third-order valence-corrected chi connectivity index (χ3v) is 4.41. The number of hydrogen-bond acceptors (Lipinski definition) is 3. The highest BCUT2D eigenvalue weighted by Crippen LogP contribution is 2.22. The lowest BCUT2D eigenvalue weighted by atomic mass is 10.2. The Bertz CT molecular complexity index is 473. The second kappa shape index (κ2) is 3.61. The van der Waals surface area contributed by atoms with Gasteiger partial charge in [0.2, 0.25) is 0 Å². The van der Waals surface area contributed by atoms with E-state index in [4.69, 9.17) is 4.74 Å². The fourth-order valence-corrected chi connectivity index (χ4v) is 3.33. The molecule has 0 radical (unpaired) electrons. The summed E-state index contributed by atoms with van der Waals surface area (Å²) >= 11 is 0. The van der Waals surface area contributed by atoms with E-state index < -0.39 is 9.84 Å². The standard InChI is InChI=1S/C11H14O3S/c1-8-3-4-11(9(2)5-8)15(12,13)7-10-6-14-10/h3-5,10H,6-7H2,1-2H3/t10-/m0/s1. The topological polar surface area (TPSA) is 46.7 Å². The van der Waals surface area contributed by atoms with Gasteiger partial charge < -0.3 is 4.74 Å². The van der Waals surface area contributed by atoms with Crippen molar-refractivity contribution >= 4 is 9.84 Å². The molecule has 1 aliphatic heterocycles. The smallest absolute Gasteiger partial charge is 0.181 e. The van der Waals surface area contributed by atoms with Crippen LogP contribution in [0, 0.1) is 13.8 Å². The Kier molecular flexibility index (Phi) is 2.56. The molecule has 1 saturated heterocycles. The van der Waals surface area contributed by atoms with E-state index in [1.807, 2.05) is 26.0 Å². The van der Waals surface area contributed by atoms with Crippen molar-refractivity contribution in [3.63, 3.8) is 0 Å². The molecule has 0 aromatic heterocycles. The van der Waals surface area contributed by atoms with Crippen LogP contribution in [0.15, 0.2) is 23.1 Å². The van der Waals surface area contributed by atoms with E-state index in [0.29, 0.717) is 11.5 Å². The third kappa shape index (κ3) is 2.38. The first-order valence-corrected chi connectivity index (χ1v) is 6.56. The third-order valence-electron chi connectivity index (χ3n) is 2.47. The lowest BCUT2D eigenvalue weighted by Gasteiger charge is -2.06. The van der Waals surface area contributed by atoms with Gasteiger partial charge >= 0.3 is 0 Å². The highest BCUT2D eigenvalue weighted by atomic mass is 32.2. The monoisotopic (exact) mass is 226 g/mol. The molecule has 2 rings (SSSR count). The van der Waals surface area contributed by atoms with E-state index in [-0.39, 0.29) is 11.9 Å². The largest absolute Gasteiger partial charge is 0.372 e. The molecule has 0 unspecified atom stereocenters. The molecule has 1 fully saturated rings. The van der Waals surface area contributed by atoms with Crippen LogP contribution in [-0.4, -0.2) is 26.9 Å². The summed E-state index contributed by atoms with van der Waals surface area (Å²) in [6.45, 7) is 4.35. The van der Waals surface area contributed by atoms with E-state index in [1.165, 1.54) is 0 Å². The number of rotatable bonds is 3. The molecular formula is C11H14O3S. The van der Waals surface area contributed by atoms with Crippen LogP contribution in [-0.2, 0) is 14.6 Å². The molecule has 0 aliphatic carbocycles. The average molecular weight is 226 g/mol. The minimum absolute atomic E-state index is 0.0873. The molecular weight excluding hydrogens is 212 g/mol. The average Bonchev–Trinajstić information content (AvgIpc) is 2.86. The number of sulfone groups is 1. The van der Waals surface area contributed by atoms with Gasteiger partial charge in [-0.3, -0.25) is 0 Å². The molecule has 1 aromatic carbocycles. The summed E-state index contributed by atoms with van der Waals surface area (Å²) in [6.07, 6.45) is -0.0873. The van der Waals surface area contributed by atoms with E-state index >= 15 is 0 Å². The van der Waals surface area contributed by atoms with Crippen LogP contribution in [0.1, 0.15) is 11.1 Å². The zero-order valence-electron chi connectivity index (χ0n) is 8.86. The van der Waals surface area contributed by atoms with Gasteiger partial charge in [-0.2, -0.15) is 0 Å². The number of aryl methyl sites for hydroxylation is 2. The highest BCUT2D eigenvalue weighted by Gasteiger charge is 2.30. The lowest BCUT2D eigenvalue weighted by Crippen LogP contribution is -2.13. The van der Waals surface area contributed by atoms with Crippen LogP contribution in [0.25, 0.3) is 0 Å². The molecule has 0 bridgehead atoms. The zero-order valence-corrected chi connectivity index (χ0v) is 9.67. The van der Waals surface area contributed by atoms with Crippen molar-refractivity contribution in [2.45, 2.75) is 24.8 Å². The first kappa shape index (κ1) is 10.6. The molecule has 15 heavy (non-hydrogen) atoms. The van der Waals surface area contributed by atoms with E-state index in [0.717, 1.165) is 11.1 Å². The highest BCUT2D eigenvalue weighted by molar-refractivity contribution is 7.91. The van der Waals surface area contributed by atoms with Crippen molar-refractivity contribution in [2.24, 2.45) is 0 Å². The predicted molar refractivity (Wildman–Crippen MR) is 57.7 cm³/mol.